The van der Waals surface area contributed by atoms with Crippen molar-refractivity contribution in [1.29, 1.82) is 0 Å². The zero-order valence-corrected chi connectivity index (χ0v) is 15.2. The highest BCUT2D eigenvalue weighted by atomic mass is 16.7. The van der Waals surface area contributed by atoms with E-state index in [2.05, 4.69) is 6.92 Å². The molecule has 0 spiro atoms. The Balaban J connectivity index is 1.62. The molecule has 0 saturated heterocycles. The van der Waals surface area contributed by atoms with Crippen molar-refractivity contribution in [3.63, 3.8) is 0 Å². The monoisotopic (exact) mass is 324 g/mol. The van der Waals surface area contributed by atoms with Crippen LogP contribution in [0.5, 0.6) is 0 Å². The second kappa shape index (κ2) is 10.2. The van der Waals surface area contributed by atoms with Crippen molar-refractivity contribution in [1.82, 2.24) is 0 Å². The van der Waals surface area contributed by atoms with Gasteiger partial charge in [-0.15, -0.1) is 0 Å². The van der Waals surface area contributed by atoms with E-state index in [4.69, 9.17) is 9.47 Å². The van der Waals surface area contributed by atoms with Crippen LogP contribution >= 0.6 is 0 Å². The first kappa shape index (κ1) is 18.6. The maximum absolute atomic E-state index is 11.4. The molecule has 2 rings (SSSR count). The molecule has 0 aromatic heterocycles. The van der Waals surface area contributed by atoms with Gasteiger partial charge in [-0.3, -0.25) is 0 Å². The standard InChI is InChI=1S/C20H36O3/c1-3-5-6-7-16-8-10-17(11-9-16)18-12-14-19(15-13-18)23-20(21)22-4-2/h16-19H,3-15H2,1-2H3/t16-,17-,18-,19-. The highest BCUT2D eigenvalue weighted by molar-refractivity contribution is 5.60. The largest absolute Gasteiger partial charge is 0.508 e. The summed E-state index contributed by atoms with van der Waals surface area (Å²) in [5.41, 5.74) is 0. The molecular formula is C20H36O3. The van der Waals surface area contributed by atoms with Crippen LogP contribution < -0.4 is 0 Å². The van der Waals surface area contributed by atoms with Crippen molar-refractivity contribution in [3.8, 4) is 0 Å². The maximum Gasteiger partial charge on any atom is 0.508 e. The average molecular weight is 325 g/mol. The van der Waals surface area contributed by atoms with Crippen molar-refractivity contribution in [3.05, 3.63) is 0 Å². The summed E-state index contributed by atoms with van der Waals surface area (Å²) in [6, 6.07) is 0. The molecule has 2 aliphatic carbocycles. The second-order valence-corrected chi connectivity index (χ2v) is 7.61. The Bertz CT molecular complexity index is 326. The van der Waals surface area contributed by atoms with Crippen LogP contribution in [0.2, 0.25) is 0 Å². The summed E-state index contributed by atoms with van der Waals surface area (Å²) < 4.78 is 10.3. The van der Waals surface area contributed by atoms with Crippen LogP contribution in [0.25, 0.3) is 0 Å². The summed E-state index contributed by atoms with van der Waals surface area (Å²) in [7, 11) is 0. The second-order valence-electron chi connectivity index (χ2n) is 7.61. The molecule has 0 atom stereocenters. The minimum atomic E-state index is -0.483. The molecule has 0 aliphatic heterocycles. The van der Waals surface area contributed by atoms with Crippen molar-refractivity contribution in [2.24, 2.45) is 17.8 Å². The molecule has 0 bridgehead atoms. The Kier molecular flexibility index (Phi) is 8.25. The molecule has 2 saturated carbocycles. The number of hydrogen-bond donors (Lipinski definition) is 0. The van der Waals surface area contributed by atoms with Gasteiger partial charge >= 0.3 is 6.16 Å². The molecule has 0 unspecified atom stereocenters. The van der Waals surface area contributed by atoms with Gasteiger partial charge in [0.25, 0.3) is 0 Å². The summed E-state index contributed by atoms with van der Waals surface area (Å²) in [6.45, 7) is 4.51. The molecule has 0 aromatic rings. The van der Waals surface area contributed by atoms with Crippen molar-refractivity contribution in [2.45, 2.75) is 97.0 Å². The van der Waals surface area contributed by atoms with Crippen LogP contribution in [0.1, 0.15) is 90.9 Å². The number of ether oxygens (including phenoxy) is 2. The van der Waals surface area contributed by atoms with Gasteiger partial charge in [-0.25, -0.2) is 4.79 Å². The predicted octanol–water partition coefficient (Wildman–Crippen LogP) is 6.11. The zero-order valence-electron chi connectivity index (χ0n) is 15.2. The Morgan fingerprint density at radius 3 is 2.04 bits per heavy atom. The van der Waals surface area contributed by atoms with E-state index in [1.54, 1.807) is 0 Å². The molecule has 23 heavy (non-hydrogen) atoms. The molecular weight excluding hydrogens is 288 g/mol. The van der Waals surface area contributed by atoms with Gasteiger partial charge in [-0.1, -0.05) is 45.4 Å². The van der Waals surface area contributed by atoms with E-state index in [1.807, 2.05) is 6.92 Å². The normalized spacial score (nSPS) is 31.6. The first-order valence-electron chi connectivity index (χ1n) is 10.1. The van der Waals surface area contributed by atoms with Gasteiger partial charge < -0.3 is 9.47 Å². The van der Waals surface area contributed by atoms with E-state index in [9.17, 15) is 4.79 Å². The summed E-state index contributed by atoms with van der Waals surface area (Å²) in [5, 5.41) is 0. The van der Waals surface area contributed by atoms with E-state index >= 15 is 0 Å². The fourth-order valence-corrected chi connectivity index (χ4v) is 4.60. The van der Waals surface area contributed by atoms with E-state index in [-0.39, 0.29) is 6.10 Å². The third-order valence-electron chi connectivity index (χ3n) is 6.02. The van der Waals surface area contributed by atoms with E-state index in [0.29, 0.717) is 6.61 Å². The molecule has 0 radical (unpaired) electrons. The predicted molar refractivity (Wildman–Crippen MR) is 93.4 cm³/mol. The average Bonchev–Trinajstić information content (AvgIpc) is 2.57. The topological polar surface area (TPSA) is 35.5 Å². The molecule has 0 N–H and O–H groups in total. The SMILES string of the molecule is CCCCC[C@H]1CC[C@H]([C@H]2CC[C@H](OC(=O)OCC)CC2)CC1. The third-order valence-corrected chi connectivity index (χ3v) is 6.02. The van der Waals surface area contributed by atoms with E-state index in [1.165, 1.54) is 64.2 Å². The summed E-state index contributed by atoms with van der Waals surface area (Å²) in [5.74, 6) is 2.80. The van der Waals surface area contributed by atoms with Crippen molar-refractivity contribution >= 4 is 6.16 Å². The lowest BCUT2D eigenvalue weighted by Gasteiger charge is -2.37. The quantitative estimate of drug-likeness (QED) is 0.419. The Labute approximate surface area is 142 Å². The third kappa shape index (κ3) is 6.35. The summed E-state index contributed by atoms with van der Waals surface area (Å²) in [4.78, 5) is 11.4. The van der Waals surface area contributed by atoms with E-state index in [0.717, 1.165) is 30.6 Å². The number of hydrogen-bond acceptors (Lipinski definition) is 3. The number of carbonyl (C=O) groups excluding carboxylic acids is 1. The van der Waals surface area contributed by atoms with Crippen LogP contribution in [-0.4, -0.2) is 18.9 Å². The number of rotatable bonds is 7. The van der Waals surface area contributed by atoms with Gasteiger partial charge in [0.05, 0.1) is 6.61 Å². The summed E-state index contributed by atoms with van der Waals surface area (Å²) >= 11 is 0. The molecule has 0 aromatic carbocycles. The smallest absolute Gasteiger partial charge is 0.435 e. The molecule has 2 aliphatic rings. The van der Waals surface area contributed by atoms with Gasteiger partial charge in [-0.05, 0) is 63.2 Å². The van der Waals surface area contributed by atoms with Crippen LogP contribution in [0.4, 0.5) is 4.79 Å². The minimum Gasteiger partial charge on any atom is -0.435 e. The molecule has 3 heteroatoms. The van der Waals surface area contributed by atoms with Gasteiger partial charge in [0, 0.05) is 0 Å². The van der Waals surface area contributed by atoms with Gasteiger partial charge in [0.1, 0.15) is 6.10 Å². The fraction of sp³-hybridized carbons (Fsp3) is 0.950. The molecule has 2 fully saturated rings. The van der Waals surface area contributed by atoms with Gasteiger partial charge in [-0.2, -0.15) is 0 Å². The molecule has 134 valence electrons. The lowest BCUT2D eigenvalue weighted by Crippen LogP contribution is -2.30. The highest BCUT2D eigenvalue weighted by Gasteiger charge is 2.31. The van der Waals surface area contributed by atoms with Crippen LogP contribution in [0, 0.1) is 17.8 Å². The minimum absolute atomic E-state index is 0.0932. The first-order valence-corrected chi connectivity index (χ1v) is 10.1. The zero-order chi connectivity index (χ0) is 16.5. The lowest BCUT2D eigenvalue weighted by atomic mass is 9.70. The summed E-state index contributed by atoms with van der Waals surface area (Å²) in [6.07, 6.45) is 15.5. The molecule has 3 nitrogen and oxygen atoms in total. The van der Waals surface area contributed by atoms with Crippen LogP contribution in [0.3, 0.4) is 0 Å². The Morgan fingerprint density at radius 2 is 1.48 bits per heavy atom. The van der Waals surface area contributed by atoms with E-state index < -0.39 is 6.16 Å². The molecule has 0 heterocycles. The van der Waals surface area contributed by atoms with Gasteiger partial charge in [0.2, 0.25) is 0 Å². The number of unbranched alkanes of at least 4 members (excludes halogenated alkanes) is 2. The fourth-order valence-electron chi connectivity index (χ4n) is 4.60. The Hall–Kier alpha value is -0.730. The van der Waals surface area contributed by atoms with Crippen molar-refractivity contribution < 1.29 is 14.3 Å². The van der Waals surface area contributed by atoms with Crippen LogP contribution in [-0.2, 0) is 9.47 Å². The van der Waals surface area contributed by atoms with Gasteiger partial charge in [0.15, 0.2) is 0 Å². The first-order chi connectivity index (χ1) is 11.2. The van der Waals surface area contributed by atoms with Crippen LogP contribution in [0.15, 0.2) is 0 Å². The lowest BCUT2D eigenvalue weighted by molar-refractivity contribution is 0.00160. The molecule has 0 amide bonds. The number of carbonyl (C=O) groups is 1. The van der Waals surface area contributed by atoms with Crippen molar-refractivity contribution in [2.75, 3.05) is 6.61 Å². The highest BCUT2D eigenvalue weighted by Crippen LogP contribution is 2.41. The maximum atomic E-state index is 11.4. The Morgan fingerprint density at radius 1 is 0.870 bits per heavy atom.